The van der Waals surface area contributed by atoms with Gasteiger partial charge in [0.15, 0.2) is 0 Å². The van der Waals surface area contributed by atoms with Crippen LogP contribution in [0.25, 0.3) is 0 Å². The summed E-state index contributed by atoms with van der Waals surface area (Å²) in [6, 6.07) is 0. The predicted molar refractivity (Wildman–Crippen MR) is 208 cm³/mol. The summed E-state index contributed by atoms with van der Waals surface area (Å²) in [6.07, 6.45) is 40.8. The molecule has 49 heavy (non-hydrogen) atoms. The number of aliphatic hydroxyl groups is 1. The van der Waals surface area contributed by atoms with E-state index in [2.05, 4.69) is 38.2 Å². The normalized spacial score (nSPS) is 14.3. The van der Waals surface area contributed by atoms with E-state index in [1.165, 1.54) is 116 Å². The van der Waals surface area contributed by atoms with Gasteiger partial charge in [0, 0.05) is 26.7 Å². The number of carbonyl (C=O) groups is 2. The molecule has 2 atom stereocenters. The monoisotopic (exact) mass is 693 g/mol. The minimum absolute atomic E-state index is 0.0806. The average Bonchev–Trinajstić information content (AvgIpc) is 3.08. The second-order valence-corrected chi connectivity index (χ2v) is 14.6. The molecule has 0 aromatic rings. The van der Waals surface area contributed by atoms with Gasteiger partial charge < -0.3 is 14.6 Å². The number of likely N-dealkylation sites (N-methyl/N-ethyl adjacent to an activating group) is 1. The SMILES string of the molecule is CCCCCCCCC=CCCCCCCCC(=O)OC(C)[N+](C)(CCO)C(C)OC(=O)CCCCCCCC=CCCCCCCCC. The van der Waals surface area contributed by atoms with Crippen LogP contribution in [0.3, 0.4) is 0 Å². The zero-order valence-corrected chi connectivity index (χ0v) is 33.2. The molecule has 1 N–H and O–H groups in total. The maximum atomic E-state index is 12.6. The molecule has 0 amide bonds. The molecule has 0 saturated heterocycles. The second kappa shape index (κ2) is 34.8. The van der Waals surface area contributed by atoms with Gasteiger partial charge in [0.05, 0.1) is 13.7 Å². The molecule has 6 heteroatoms. The van der Waals surface area contributed by atoms with Crippen molar-refractivity contribution < 1.29 is 28.7 Å². The largest absolute Gasteiger partial charge is 0.413 e. The van der Waals surface area contributed by atoms with Gasteiger partial charge in [-0.1, -0.05) is 141 Å². The smallest absolute Gasteiger partial charge is 0.310 e. The van der Waals surface area contributed by atoms with Crippen molar-refractivity contribution in [2.24, 2.45) is 0 Å². The molecule has 6 nitrogen and oxygen atoms in total. The van der Waals surface area contributed by atoms with Crippen LogP contribution in [0.1, 0.15) is 207 Å². The Bertz CT molecular complexity index is 750. The summed E-state index contributed by atoms with van der Waals surface area (Å²) < 4.78 is 11.7. The van der Waals surface area contributed by atoms with Gasteiger partial charge in [-0.25, -0.2) is 0 Å². The molecule has 0 heterocycles. The highest BCUT2D eigenvalue weighted by atomic mass is 16.6. The predicted octanol–water partition coefficient (Wildman–Crippen LogP) is 12.3. The van der Waals surface area contributed by atoms with Crippen LogP contribution >= 0.6 is 0 Å². The Morgan fingerprint density at radius 3 is 1.10 bits per heavy atom. The molecular formula is C43H82NO5+. The first kappa shape index (κ1) is 47.3. The summed E-state index contributed by atoms with van der Waals surface area (Å²) in [6.45, 7) is 8.45. The Balaban J connectivity index is 4.06. The first-order valence-electron chi connectivity index (χ1n) is 21.0. The van der Waals surface area contributed by atoms with Crippen LogP contribution < -0.4 is 0 Å². The fraction of sp³-hybridized carbons (Fsp3) is 0.860. The van der Waals surface area contributed by atoms with Crippen LogP contribution in [0.4, 0.5) is 0 Å². The van der Waals surface area contributed by atoms with Crippen molar-refractivity contribution in [3.63, 3.8) is 0 Å². The van der Waals surface area contributed by atoms with Crippen molar-refractivity contribution in [3.05, 3.63) is 24.3 Å². The van der Waals surface area contributed by atoms with Crippen molar-refractivity contribution in [3.8, 4) is 0 Å². The van der Waals surface area contributed by atoms with E-state index in [4.69, 9.17) is 9.47 Å². The van der Waals surface area contributed by atoms with E-state index in [0.29, 0.717) is 19.4 Å². The van der Waals surface area contributed by atoms with Gasteiger partial charge in [-0.15, -0.1) is 0 Å². The quantitative estimate of drug-likeness (QED) is 0.0233. The Morgan fingerprint density at radius 1 is 0.510 bits per heavy atom. The third-order valence-corrected chi connectivity index (χ3v) is 10.1. The average molecular weight is 693 g/mol. The number of aliphatic hydroxyl groups excluding tert-OH is 1. The number of rotatable bonds is 36. The molecular weight excluding hydrogens is 610 g/mol. The van der Waals surface area contributed by atoms with Crippen LogP contribution in [0.5, 0.6) is 0 Å². The number of allylic oxidation sites excluding steroid dienone is 4. The topological polar surface area (TPSA) is 72.8 Å². The maximum absolute atomic E-state index is 12.6. The number of carbonyl (C=O) groups excluding carboxylic acids is 2. The zero-order valence-electron chi connectivity index (χ0n) is 33.2. The molecule has 0 aliphatic carbocycles. The third-order valence-electron chi connectivity index (χ3n) is 10.1. The molecule has 0 saturated carbocycles. The summed E-state index contributed by atoms with van der Waals surface area (Å²) in [5.74, 6) is -0.446. The van der Waals surface area contributed by atoms with Crippen molar-refractivity contribution in [2.45, 2.75) is 220 Å². The van der Waals surface area contributed by atoms with Gasteiger partial charge in [0.2, 0.25) is 12.5 Å². The number of nitrogens with zero attached hydrogens (tertiary/aromatic N) is 1. The van der Waals surface area contributed by atoms with E-state index >= 15 is 0 Å². The van der Waals surface area contributed by atoms with Gasteiger partial charge in [0.25, 0.3) is 0 Å². The highest BCUT2D eigenvalue weighted by molar-refractivity contribution is 5.69. The van der Waals surface area contributed by atoms with Gasteiger partial charge in [-0.3, -0.25) is 14.1 Å². The zero-order chi connectivity index (χ0) is 36.3. The van der Waals surface area contributed by atoms with Crippen LogP contribution in [0, 0.1) is 0 Å². The van der Waals surface area contributed by atoms with Crippen LogP contribution in [-0.4, -0.2) is 54.2 Å². The van der Waals surface area contributed by atoms with Crippen molar-refractivity contribution in [1.29, 1.82) is 0 Å². The molecule has 0 radical (unpaired) electrons. The molecule has 0 aromatic heterocycles. The van der Waals surface area contributed by atoms with Crippen molar-refractivity contribution in [2.75, 3.05) is 20.2 Å². The molecule has 0 aliphatic heterocycles. The van der Waals surface area contributed by atoms with Gasteiger partial charge >= 0.3 is 11.9 Å². The summed E-state index contributed by atoms with van der Waals surface area (Å²) in [5.41, 5.74) is 0. The van der Waals surface area contributed by atoms with Gasteiger partial charge in [0.1, 0.15) is 6.54 Å². The van der Waals surface area contributed by atoms with E-state index in [-0.39, 0.29) is 23.0 Å². The minimum atomic E-state index is -0.523. The lowest BCUT2D eigenvalue weighted by Gasteiger charge is -2.42. The number of ether oxygens (including phenoxy) is 2. The summed E-state index contributed by atoms with van der Waals surface area (Å²) in [7, 11) is 1.89. The highest BCUT2D eigenvalue weighted by Crippen LogP contribution is 2.21. The van der Waals surface area contributed by atoms with Crippen molar-refractivity contribution in [1.82, 2.24) is 0 Å². The summed E-state index contributed by atoms with van der Waals surface area (Å²) in [5, 5.41) is 9.77. The van der Waals surface area contributed by atoms with Crippen LogP contribution in [0.2, 0.25) is 0 Å². The van der Waals surface area contributed by atoms with Crippen molar-refractivity contribution >= 4 is 11.9 Å². The van der Waals surface area contributed by atoms with Crippen LogP contribution in [-0.2, 0) is 19.1 Å². The molecule has 288 valence electrons. The first-order chi connectivity index (χ1) is 23.8. The van der Waals surface area contributed by atoms with Gasteiger partial charge in [-0.05, 0) is 64.2 Å². The molecule has 0 fully saturated rings. The molecule has 0 bridgehead atoms. The highest BCUT2D eigenvalue weighted by Gasteiger charge is 2.39. The third kappa shape index (κ3) is 28.7. The lowest BCUT2D eigenvalue weighted by molar-refractivity contribution is -0.987. The Labute approximate surface area is 304 Å². The second-order valence-electron chi connectivity index (χ2n) is 14.6. The maximum Gasteiger partial charge on any atom is 0.310 e. The number of quaternary nitrogens is 1. The molecule has 2 unspecified atom stereocenters. The number of hydrogen-bond donors (Lipinski definition) is 1. The first-order valence-corrected chi connectivity index (χ1v) is 21.0. The Morgan fingerprint density at radius 2 is 0.796 bits per heavy atom. The number of esters is 2. The molecule has 0 rings (SSSR count). The van der Waals surface area contributed by atoms with E-state index in [9.17, 15) is 14.7 Å². The Hall–Kier alpha value is -1.66. The van der Waals surface area contributed by atoms with Crippen LogP contribution in [0.15, 0.2) is 24.3 Å². The lowest BCUT2D eigenvalue weighted by Crippen LogP contribution is -2.60. The molecule has 0 spiro atoms. The lowest BCUT2D eigenvalue weighted by atomic mass is 10.1. The van der Waals surface area contributed by atoms with E-state index in [0.717, 1.165) is 51.4 Å². The number of hydrogen-bond acceptors (Lipinski definition) is 5. The number of unbranched alkanes of at least 4 members (excludes halogenated alkanes) is 22. The van der Waals surface area contributed by atoms with E-state index in [1.54, 1.807) is 0 Å². The fourth-order valence-electron chi connectivity index (χ4n) is 6.29. The molecule has 0 aromatic carbocycles. The van der Waals surface area contributed by atoms with Gasteiger partial charge in [-0.2, -0.15) is 0 Å². The van der Waals surface area contributed by atoms with E-state index < -0.39 is 12.5 Å². The summed E-state index contributed by atoms with van der Waals surface area (Å²) in [4.78, 5) is 25.3. The summed E-state index contributed by atoms with van der Waals surface area (Å²) >= 11 is 0. The molecule has 0 aliphatic rings. The standard InChI is InChI=1S/C43H82NO5/c1-6-8-10-12-14-16-18-20-22-24-26-28-30-32-34-36-42(46)48-40(3)44(5,38-39-45)41(4)49-43(47)37-35-33-31-29-27-25-23-21-19-17-15-13-11-9-7-2/h20-23,40-41,45H,6-19,24-39H2,1-5H3/q+1. The fourth-order valence-corrected chi connectivity index (χ4v) is 6.29. The van der Waals surface area contributed by atoms with E-state index in [1.807, 2.05) is 20.9 Å². The Kier molecular flexibility index (Phi) is 33.6. The minimum Gasteiger partial charge on any atom is -0.413 e.